The van der Waals surface area contributed by atoms with E-state index in [2.05, 4.69) is 20.0 Å². The molecule has 0 unspecified atom stereocenters. The molecule has 0 bridgehead atoms. The van der Waals surface area contributed by atoms with E-state index in [1.165, 1.54) is 21.1 Å². The first-order chi connectivity index (χ1) is 14.5. The normalized spacial score (nSPS) is 16.3. The quantitative estimate of drug-likeness (QED) is 0.476. The zero-order chi connectivity index (χ0) is 20.7. The number of thiophene rings is 1. The lowest BCUT2D eigenvalue weighted by atomic mass is 10.1. The zero-order valence-electron chi connectivity index (χ0n) is 15.7. The predicted molar refractivity (Wildman–Crippen MR) is 111 cm³/mol. The Labute approximate surface area is 175 Å². The minimum atomic E-state index is -3.75. The molecule has 1 aliphatic rings. The van der Waals surface area contributed by atoms with Crippen LogP contribution in [0.15, 0.2) is 62.2 Å². The Balaban J connectivity index is 1.39. The number of piperidine rings is 1. The standard InChI is InChI=1S/C19H17N5O4S2/c25-18-7-6-14(16-4-2-12-29-16)20-24(18)13-8-10-23(11-9-13)30(26,27)17-5-1-3-15-19(17)22-28-21-15/h1-7,12-13H,8-11H2. The smallest absolute Gasteiger partial charge is 0.267 e. The van der Waals surface area contributed by atoms with Gasteiger partial charge in [0.25, 0.3) is 5.56 Å². The van der Waals surface area contributed by atoms with Gasteiger partial charge in [-0.25, -0.2) is 17.7 Å². The van der Waals surface area contributed by atoms with E-state index in [1.54, 1.807) is 29.5 Å². The highest BCUT2D eigenvalue weighted by Crippen LogP contribution is 2.29. The van der Waals surface area contributed by atoms with E-state index in [9.17, 15) is 13.2 Å². The summed E-state index contributed by atoms with van der Waals surface area (Å²) in [6, 6.07) is 11.7. The monoisotopic (exact) mass is 443 g/mol. The molecule has 1 aromatic carbocycles. The van der Waals surface area contributed by atoms with Crippen molar-refractivity contribution in [3.8, 4) is 10.6 Å². The summed E-state index contributed by atoms with van der Waals surface area (Å²) in [4.78, 5) is 13.5. The lowest BCUT2D eigenvalue weighted by Gasteiger charge is -2.31. The molecule has 0 saturated carbocycles. The van der Waals surface area contributed by atoms with Crippen LogP contribution < -0.4 is 5.56 Å². The van der Waals surface area contributed by atoms with E-state index in [0.29, 0.717) is 18.4 Å². The molecule has 0 aliphatic carbocycles. The Hall–Kier alpha value is -2.89. The molecule has 1 aliphatic heterocycles. The van der Waals surface area contributed by atoms with Crippen molar-refractivity contribution in [3.05, 3.63) is 58.2 Å². The second-order valence-corrected chi connectivity index (χ2v) is 9.86. The van der Waals surface area contributed by atoms with Crippen molar-refractivity contribution < 1.29 is 13.0 Å². The van der Waals surface area contributed by atoms with Gasteiger partial charge < -0.3 is 0 Å². The van der Waals surface area contributed by atoms with Crippen molar-refractivity contribution in [1.29, 1.82) is 0 Å². The van der Waals surface area contributed by atoms with Gasteiger partial charge in [0.1, 0.15) is 16.1 Å². The molecule has 1 saturated heterocycles. The van der Waals surface area contributed by atoms with Gasteiger partial charge in [-0.05, 0) is 52.8 Å². The lowest BCUT2D eigenvalue weighted by molar-refractivity contribution is 0.255. The van der Waals surface area contributed by atoms with Crippen LogP contribution in [-0.4, -0.2) is 45.9 Å². The minimum absolute atomic E-state index is 0.0784. The van der Waals surface area contributed by atoms with Gasteiger partial charge in [-0.1, -0.05) is 12.1 Å². The Morgan fingerprint density at radius 3 is 2.63 bits per heavy atom. The molecular weight excluding hydrogens is 426 g/mol. The van der Waals surface area contributed by atoms with Crippen molar-refractivity contribution in [2.75, 3.05) is 13.1 Å². The highest BCUT2D eigenvalue weighted by molar-refractivity contribution is 7.89. The second kappa shape index (κ2) is 7.42. The van der Waals surface area contributed by atoms with Gasteiger partial charge >= 0.3 is 0 Å². The molecule has 4 aromatic rings. The van der Waals surface area contributed by atoms with Crippen molar-refractivity contribution in [3.63, 3.8) is 0 Å². The molecule has 9 nitrogen and oxygen atoms in total. The van der Waals surface area contributed by atoms with E-state index >= 15 is 0 Å². The van der Waals surface area contributed by atoms with Crippen LogP contribution in [0.3, 0.4) is 0 Å². The summed E-state index contributed by atoms with van der Waals surface area (Å²) in [5.74, 6) is 0. The van der Waals surface area contributed by atoms with E-state index in [-0.39, 0.29) is 35.1 Å². The molecule has 0 spiro atoms. The number of aromatic nitrogens is 4. The van der Waals surface area contributed by atoms with Crippen LogP contribution in [0, 0.1) is 0 Å². The van der Waals surface area contributed by atoms with Gasteiger partial charge in [0.15, 0.2) is 5.52 Å². The third kappa shape index (κ3) is 3.24. The third-order valence-electron chi connectivity index (χ3n) is 5.23. The number of rotatable bonds is 4. The first-order valence-electron chi connectivity index (χ1n) is 9.39. The average Bonchev–Trinajstić information content (AvgIpc) is 3.46. The van der Waals surface area contributed by atoms with Crippen molar-refractivity contribution >= 4 is 32.4 Å². The minimum Gasteiger partial charge on any atom is -0.268 e. The number of hydrogen-bond donors (Lipinski definition) is 0. The number of sulfonamides is 1. The molecule has 1 fully saturated rings. The second-order valence-electron chi connectivity index (χ2n) is 7.00. The Kier molecular flexibility index (Phi) is 4.72. The molecule has 30 heavy (non-hydrogen) atoms. The van der Waals surface area contributed by atoms with E-state index in [4.69, 9.17) is 0 Å². The van der Waals surface area contributed by atoms with Gasteiger partial charge in [-0.2, -0.15) is 9.40 Å². The maximum absolute atomic E-state index is 13.2. The topological polar surface area (TPSA) is 111 Å². The molecule has 11 heteroatoms. The van der Waals surface area contributed by atoms with Crippen LogP contribution in [0.25, 0.3) is 21.6 Å². The highest BCUT2D eigenvalue weighted by atomic mass is 32.2. The summed E-state index contributed by atoms with van der Waals surface area (Å²) in [5.41, 5.74) is 1.17. The van der Waals surface area contributed by atoms with Gasteiger partial charge in [0, 0.05) is 19.2 Å². The summed E-state index contributed by atoms with van der Waals surface area (Å²) in [6.07, 6.45) is 0.986. The van der Waals surface area contributed by atoms with E-state index < -0.39 is 10.0 Å². The predicted octanol–water partition coefficient (Wildman–Crippen LogP) is 2.53. The number of hydrogen-bond acceptors (Lipinski definition) is 8. The lowest BCUT2D eigenvalue weighted by Crippen LogP contribution is -2.41. The third-order valence-corrected chi connectivity index (χ3v) is 8.06. The maximum Gasteiger partial charge on any atom is 0.267 e. The fourth-order valence-corrected chi connectivity index (χ4v) is 6.00. The summed E-state index contributed by atoms with van der Waals surface area (Å²) < 4.78 is 33.9. The zero-order valence-corrected chi connectivity index (χ0v) is 17.3. The molecule has 0 N–H and O–H groups in total. The van der Waals surface area contributed by atoms with Crippen LogP contribution in [0.1, 0.15) is 18.9 Å². The van der Waals surface area contributed by atoms with E-state index in [0.717, 1.165) is 10.6 Å². The molecule has 0 radical (unpaired) electrons. The maximum atomic E-state index is 13.2. The van der Waals surface area contributed by atoms with Gasteiger partial charge in [-0.3, -0.25) is 4.79 Å². The SMILES string of the molecule is O=c1ccc(-c2cccs2)nn1C1CCN(S(=O)(=O)c2cccc3nonc23)CC1. The van der Waals surface area contributed by atoms with Crippen LogP contribution in [0.4, 0.5) is 0 Å². The van der Waals surface area contributed by atoms with Crippen molar-refractivity contribution in [2.45, 2.75) is 23.8 Å². The Morgan fingerprint density at radius 1 is 1.03 bits per heavy atom. The first-order valence-corrected chi connectivity index (χ1v) is 11.7. The summed E-state index contributed by atoms with van der Waals surface area (Å²) in [7, 11) is -3.75. The average molecular weight is 444 g/mol. The Morgan fingerprint density at radius 2 is 1.87 bits per heavy atom. The molecule has 0 atom stereocenters. The first kappa shape index (κ1) is 19.1. The number of fused-ring (bicyclic) bond motifs is 1. The summed E-state index contributed by atoms with van der Waals surface area (Å²) in [6.45, 7) is 0.567. The summed E-state index contributed by atoms with van der Waals surface area (Å²) in [5, 5.41) is 13.9. The molecule has 5 rings (SSSR count). The van der Waals surface area contributed by atoms with Crippen LogP contribution in [0.5, 0.6) is 0 Å². The molecule has 3 aromatic heterocycles. The molecule has 0 amide bonds. The van der Waals surface area contributed by atoms with Gasteiger partial charge in [0.05, 0.1) is 10.9 Å². The van der Waals surface area contributed by atoms with E-state index in [1.807, 2.05) is 17.5 Å². The highest BCUT2D eigenvalue weighted by Gasteiger charge is 2.32. The molecule has 154 valence electrons. The largest absolute Gasteiger partial charge is 0.268 e. The molecular formula is C19H17N5O4S2. The van der Waals surface area contributed by atoms with Crippen LogP contribution in [-0.2, 0) is 10.0 Å². The fraction of sp³-hybridized carbons (Fsp3) is 0.263. The van der Waals surface area contributed by atoms with Crippen LogP contribution in [0.2, 0.25) is 0 Å². The Bertz CT molecular complexity index is 1350. The van der Waals surface area contributed by atoms with Crippen molar-refractivity contribution in [2.24, 2.45) is 0 Å². The van der Waals surface area contributed by atoms with Crippen LogP contribution >= 0.6 is 11.3 Å². The van der Waals surface area contributed by atoms with Gasteiger partial charge in [-0.15, -0.1) is 11.3 Å². The van der Waals surface area contributed by atoms with Crippen molar-refractivity contribution in [1.82, 2.24) is 24.4 Å². The number of benzene rings is 1. The number of nitrogens with zero attached hydrogens (tertiary/aromatic N) is 5. The summed E-state index contributed by atoms with van der Waals surface area (Å²) >= 11 is 1.56. The van der Waals surface area contributed by atoms with Gasteiger partial charge in [0.2, 0.25) is 10.0 Å². The molecule has 4 heterocycles. The fourth-order valence-electron chi connectivity index (χ4n) is 3.70.